The number of nitrogens with zero attached hydrogens (tertiary/aromatic N) is 2. The lowest BCUT2D eigenvalue weighted by Crippen LogP contribution is -2.30. The van der Waals surface area contributed by atoms with Gasteiger partial charge in [-0.05, 0) is 67.8 Å². The average molecular weight is 504 g/mol. The molecule has 4 rings (SSSR count). The summed E-state index contributed by atoms with van der Waals surface area (Å²) in [5.41, 5.74) is 1.26. The van der Waals surface area contributed by atoms with Crippen molar-refractivity contribution in [1.82, 2.24) is 14.7 Å². The molecular weight excluding hydrogens is 474 g/mol. The Morgan fingerprint density at radius 2 is 1.78 bits per heavy atom. The van der Waals surface area contributed by atoms with Crippen molar-refractivity contribution in [3.8, 4) is 23.1 Å². The molecule has 0 spiro atoms. The normalized spacial score (nSPS) is 12.0. The van der Waals surface area contributed by atoms with E-state index in [-0.39, 0.29) is 42.0 Å². The molecule has 9 heteroatoms. The number of amides is 1. The molecule has 0 saturated heterocycles. The summed E-state index contributed by atoms with van der Waals surface area (Å²) in [5, 5.41) is 32.7. The lowest BCUT2D eigenvalue weighted by molar-refractivity contribution is -0.121. The molecule has 0 radical (unpaired) electrons. The van der Waals surface area contributed by atoms with Gasteiger partial charge in [-0.15, -0.1) is 0 Å². The second-order valence-corrected chi connectivity index (χ2v) is 9.00. The third kappa shape index (κ3) is 6.00. The van der Waals surface area contributed by atoms with Crippen molar-refractivity contribution in [2.75, 3.05) is 6.54 Å². The number of fused-ring (bicyclic) bond motifs is 1. The molecule has 4 N–H and O–H groups in total. The van der Waals surface area contributed by atoms with Crippen LogP contribution >= 0.6 is 0 Å². The fourth-order valence-electron chi connectivity index (χ4n) is 4.16. The molecule has 37 heavy (non-hydrogen) atoms. The first-order valence-electron chi connectivity index (χ1n) is 12.0. The van der Waals surface area contributed by atoms with Gasteiger partial charge in [0.05, 0.1) is 11.7 Å². The highest BCUT2D eigenvalue weighted by molar-refractivity contribution is 5.77. The number of phenols is 2. The average Bonchev–Trinajstić information content (AvgIpc) is 2.86. The number of ether oxygens (including phenoxy) is 1. The van der Waals surface area contributed by atoms with E-state index in [0.717, 1.165) is 5.56 Å². The Kier molecular flexibility index (Phi) is 7.62. The predicted octanol–water partition coefficient (Wildman–Crippen LogP) is 3.48. The molecule has 4 aromatic rings. The molecule has 1 atom stereocenters. The molecule has 0 saturated carbocycles. The number of phenolic OH excluding ortho intramolecular Hbond substituents is 2. The molecule has 1 amide bonds. The topological polar surface area (TPSA) is 133 Å². The van der Waals surface area contributed by atoms with Crippen molar-refractivity contribution in [3.63, 3.8) is 0 Å². The quantitative estimate of drug-likeness (QED) is 0.257. The summed E-state index contributed by atoms with van der Waals surface area (Å²) in [6.45, 7) is 4.11. The highest BCUT2D eigenvalue weighted by Gasteiger charge is 2.26. The zero-order valence-corrected chi connectivity index (χ0v) is 20.6. The Bertz CT molecular complexity index is 1460. The summed E-state index contributed by atoms with van der Waals surface area (Å²) in [6.07, 6.45) is 1.88. The van der Waals surface area contributed by atoms with E-state index in [0.29, 0.717) is 23.4 Å². The molecule has 0 aliphatic rings. The monoisotopic (exact) mass is 503 g/mol. The lowest BCUT2D eigenvalue weighted by atomic mass is 9.89. The largest absolute Gasteiger partial charge is 0.504 e. The van der Waals surface area contributed by atoms with Gasteiger partial charge in [0.2, 0.25) is 11.8 Å². The molecule has 0 aliphatic heterocycles. The second kappa shape index (κ2) is 11.0. The van der Waals surface area contributed by atoms with E-state index in [2.05, 4.69) is 10.3 Å². The van der Waals surface area contributed by atoms with Crippen LogP contribution in [0, 0.1) is 0 Å². The zero-order chi connectivity index (χ0) is 26.5. The highest BCUT2D eigenvalue weighted by atomic mass is 16.5. The SMILES string of the molecule is CC(C)Oc1ccc(C(CC(=O)NCCc2ccc(O)c(O)c2)c2c(O)nc3ccccn3c2=O)cc1. The first-order chi connectivity index (χ1) is 17.7. The molecule has 2 heterocycles. The summed E-state index contributed by atoms with van der Waals surface area (Å²) in [5.74, 6) is -1.30. The van der Waals surface area contributed by atoms with Crippen molar-refractivity contribution in [2.45, 2.75) is 38.7 Å². The van der Waals surface area contributed by atoms with E-state index in [9.17, 15) is 24.9 Å². The van der Waals surface area contributed by atoms with Crippen LogP contribution in [0.1, 0.15) is 42.9 Å². The Balaban J connectivity index is 1.60. The predicted molar refractivity (Wildman–Crippen MR) is 138 cm³/mol. The Hall–Kier alpha value is -4.53. The van der Waals surface area contributed by atoms with Crippen LogP contribution in [0.3, 0.4) is 0 Å². The van der Waals surface area contributed by atoms with E-state index in [1.165, 1.54) is 16.5 Å². The molecule has 192 valence electrons. The molecule has 0 bridgehead atoms. The maximum absolute atomic E-state index is 13.4. The summed E-state index contributed by atoms with van der Waals surface area (Å²) in [4.78, 5) is 30.5. The van der Waals surface area contributed by atoms with Crippen molar-refractivity contribution >= 4 is 11.6 Å². The Morgan fingerprint density at radius 3 is 2.49 bits per heavy atom. The van der Waals surface area contributed by atoms with Gasteiger partial charge in [-0.2, -0.15) is 4.98 Å². The molecule has 9 nitrogen and oxygen atoms in total. The number of benzene rings is 2. The van der Waals surface area contributed by atoms with Crippen LogP contribution in [0.5, 0.6) is 23.1 Å². The molecule has 1 unspecified atom stereocenters. The molecular formula is C28H29N3O6. The van der Waals surface area contributed by atoms with Crippen molar-refractivity contribution < 1.29 is 24.9 Å². The maximum atomic E-state index is 13.4. The van der Waals surface area contributed by atoms with Crippen LogP contribution in [-0.2, 0) is 11.2 Å². The van der Waals surface area contributed by atoms with E-state index in [4.69, 9.17) is 4.74 Å². The fourth-order valence-corrected chi connectivity index (χ4v) is 4.16. The Labute approximate surface area is 213 Å². The van der Waals surface area contributed by atoms with Gasteiger partial charge in [-0.25, -0.2) is 0 Å². The highest BCUT2D eigenvalue weighted by Crippen LogP contribution is 2.32. The van der Waals surface area contributed by atoms with E-state index in [1.54, 1.807) is 54.7 Å². The zero-order valence-electron chi connectivity index (χ0n) is 20.6. The summed E-state index contributed by atoms with van der Waals surface area (Å²) in [7, 11) is 0. The number of pyridine rings is 1. The van der Waals surface area contributed by atoms with Crippen LogP contribution in [0.15, 0.2) is 71.7 Å². The summed E-state index contributed by atoms with van der Waals surface area (Å²) < 4.78 is 7.05. The van der Waals surface area contributed by atoms with Gasteiger partial charge in [0.25, 0.3) is 5.56 Å². The first-order valence-corrected chi connectivity index (χ1v) is 12.0. The molecule has 2 aromatic heterocycles. The lowest BCUT2D eigenvalue weighted by Gasteiger charge is -2.19. The van der Waals surface area contributed by atoms with Crippen molar-refractivity contribution in [1.29, 1.82) is 0 Å². The van der Waals surface area contributed by atoms with Gasteiger partial charge in [-0.3, -0.25) is 14.0 Å². The summed E-state index contributed by atoms with van der Waals surface area (Å²) >= 11 is 0. The number of hydrogen-bond donors (Lipinski definition) is 4. The first kappa shape index (κ1) is 25.6. The van der Waals surface area contributed by atoms with Gasteiger partial charge in [0, 0.05) is 25.1 Å². The number of aromatic nitrogens is 2. The molecule has 0 aliphatic carbocycles. The number of carbonyl (C=O) groups is 1. The number of carbonyl (C=O) groups excluding carboxylic acids is 1. The van der Waals surface area contributed by atoms with Gasteiger partial charge in [0.15, 0.2) is 11.5 Å². The number of rotatable bonds is 9. The van der Waals surface area contributed by atoms with Gasteiger partial charge >= 0.3 is 0 Å². The smallest absolute Gasteiger partial charge is 0.265 e. The van der Waals surface area contributed by atoms with Gasteiger partial charge in [0.1, 0.15) is 11.4 Å². The number of nitrogens with one attached hydrogen (secondary N) is 1. The van der Waals surface area contributed by atoms with Crippen molar-refractivity contribution in [3.05, 3.63) is 93.9 Å². The van der Waals surface area contributed by atoms with Crippen LogP contribution in [0.2, 0.25) is 0 Å². The number of hydrogen-bond acceptors (Lipinski definition) is 7. The van der Waals surface area contributed by atoms with Gasteiger partial charge < -0.3 is 25.4 Å². The Morgan fingerprint density at radius 1 is 1.03 bits per heavy atom. The van der Waals surface area contributed by atoms with E-state index >= 15 is 0 Å². The minimum absolute atomic E-state index is 0.0127. The van der Waals surface area contributed by atoms with Crippen LogP contribution < -0.4 is 15.6 Å². The van der Waals surface area contributed by atoms with Gasteiger partial charge in [-0.1, -0.05) is 24.3 Å². The number of aromatic hydroxyl groups is 3. The third-order valence-corrected chi connectivity index (χ3v) is 5.92. The molecule has 0 fully saturated rings. The third-order valence-electron chi connectivity index (χ3n) is 5.92. The van der Waals surface area contributed by atoms with Crippen LogP contribution in [-0.4, -0.2) is 43.3 Å². The minimum atomic E-state index is -0.761. The fraction of sp³-hybridized carbons (Fsp3) is 0.250. The summed E-state index contributed by atoms with van der Waals surface area (Å²) in [6, 6.07) is 16.6. The van der Waals surface area contributed by atoms with E-state index < -0.39 is 17.4 Å². The standard InChI is InChI=1S/C28H29N3O6/c1-17(2)37-20-9-7-19(8-10-20)21(26-27(35)30-24-5-3-4-14-31(24)28(26)36)16-25(34)29-13-12-18-6-11-22(32)23(33)15-18/h3-11,14-15,17,21,32-33,35H,12-13,16H2,1-2H3,(H,29,34). The van der Waals surface area contributed by atoms with Crippen LogP contribution in [0.25, 0.3) is 5.65 Å². The second-order valence-electron chi connectivity index (χ2n) is 9.00. The van der Waals surface area contributed by atoms with Crippen molar-refractivity contribution in [2.24, 2.45) is 0 Å². The maximum Gasteiger partial charge on any atom is 0.265 e. The van der Waals surface area contributed by atoms with E-state index in [1.807, 2.05) is 13.8 Å². The molecule has 2 aromatic carbocycles. The van der Waals surface area contributed by atoms with Crippen LogP contribution in [0.4, 0.5) is 0 Å². The minimum Gasteiger partial charge on any atom is -0.504 e.